The number of likely N-dealkylation sites (tertiary alicyclic amines) is 3. The maximum absolute atomic E-state index is 12.9. The largest absolute Gasteiger partial charge is 0.496 e. The molecule has 76 heavy (non-hydrogen) atoms. The molecule has 0 amide bonds. The highest BCUT2D eigenvalue weighted by Gasteiger charge is 2.35. The molecule has 0 spiro atoms. The first-order valence-corrected chi connectivity index (χ1v) is 27.5. The molecule has 0 aromatic heterocycles. The molecule has 0 N–H and O–H groups in total. The molecule has 12 rings (SSSR count). The Hall–Kier alpha value is -6.99. The minimum atomic E-state index is 0.0254. The van der Waals surface area contributed by atoms with E-state index in [0.29, 0.717) is 70.4 Å². The van der Waals surface area contributed by atoms with E-state index in [0.717, 1.165) is 96.2 Å². The number of piperidine rings is 2. The van der Waals surface area contributed by atoms with E-state index in [1.807, 2.05) is 109 Å². The van der Waals surface area contributed by atoms with Gasteiger partial charge in [0, 0.05) is 69.7 Å². The van der Waals surface area contributed by atoms with E-state index in [1.165, 1.54) is 77.5 Å². The van der Waals surface area contributed by atoms with Crippen LogP contribution in [0.5, 0.6) is 34.5 Å². The number of ether oxygens (including phenoxy) is 6. The maximum atomic E-state index is 12.9. The van der Waals surface area contributed by atoms with Gasteiger partial charge in [0.05, 0.1) is 51.2 Å². The molecule has 3 heterocycles. The van der Waals surface area contributed by atoms with Crippen molar-refractivity contribution in [2.45, 2.75) is 64.2 Å². The second-order valence-corrected chi connectivity index (χ2v) is 20.3. The smallest absolute Gasteiger partial charge is 0.198 e. The van der Waals surface area contributed by atoms with Crippen molar-refractivity contribution in [3.63, 3.8) is 0 Å². The molecule has 6 aromatic rings. The van der Waals surface area contributed by atoms with Crippen molar-refractivity contribution in [3.8, 4) is 67.9 Å². The van der Waals surface area contributed by atoms with Gasteiger partial charge in [0.15, 0.2) is 17.3 Å². The van der Waals surface area contributed by atoms with Gasteiger partial charge >= 0.3 is 0 Å². The van der Waals surface area contributed by atoms with Crippen LogP contribution in [0.2, 0.25) is 0 Å². The Bertz CT molecular complexity index is 3040. The average molecular weight is 1030 g/mol. The van der Waals surface area contributed by atoms with E-state index >= 15 is 0 Å². The lowest BCUT2D eigenvalue weighted by molar-refractivity contribution is 0.103. The number of carbonyl (C=O) groups excluding carboxylic acids is 3. The fourth-order valence-corrected chi connectivity index (χ4v) is 11.8. The second-order valence-electron chi connectivity index (χ2n) is 20.3. The summed E-state index contributed by atoms with van der Waals surface area (Å²) in [6.07, 6.45) is 12.4. The van der Waals surface area contributed by atoms with Crippen molar-refractivity contribution in [1.82, 2.24) is 14.7 Å². The summed E-state index contributed by atoms with van der Waals surface area (Å²) < 4.78 is 34.4. The molecule has 3 aliphatic heterocycles. The van der Waals surface area contributed by atoms with E-state index < -0.39 is 0 Å². The molecular weight excluding hydrogens is 955 g/mol. The van der Waals surface area contributed by atoms with Gasteiger partial charge in [0.2, 0.25) is 0 Å². The number of rotatable bonds is 17. The van der Waals surface area contributed by atoms with Gasteiger partial charge in [0.1, 0.15) is 41.1 Å². The van der Waals surface area contributed by atoms with Crippen molar-refractivity contribution < 1.29 is 42.8 Å². The van der Waals surface area contributed by atoms with Gasteiger partial charge in [0.25, 0.3) is 0 Å². The molecule has 3 saturated heterocycles. The summed E-state index contributed by atoms with van der Waals surface area (Å²) in [4.78, 5) is 46.1. The third-order valence-electron chi connectivity index (χ3n) is 15.6. The number of hydrogen-bond acceptors (Lipinski definition) is 12. The van der Waals surface area contributed by atoms with Crippen LogP contribution in [0.3, 0.4) is 0 Å². The molecule has 0 bridgehead atoms. The average Bonchev–Trinajstić information content (AvgIpc) is 4.25. The van der Waals surface area contributed by atoms with Gasteiger partial charge in [-0.15, -0.1) is 0 Å². The number of hydrogen-bond donors (Lipinski definition) is 0. The van der Waals surface area contributed by atoms with E-state index in [1.54, 1.807) is 21.3 Å². The standard InChI is InChI=1S/C22H25NO3.2C21H23NO3/c1-25-18-10-6-9-17-20(18)16-8-5-11-19(21(16)22(17)24)26-15-7-14-23-12-3-2-4-13-23;1-24-17-9-5-8-16-19(17)15-7-4-10-18(20(15)21(16)23)25-14-6-13-22-11-2-3-12-22;1-24-17-9-6-8-16-19(17)15-7-5-10-18(20(15)21(16)23)25-14-13-22-11-3-2-4-12-22/h5-6,8-11H,2-4,7,12-15H2,1H3;4-5,7-10H,2-3,6,11-14H2,1H3;5-10H,2-4,11-14H2,1H3. The summed E-state index contributed by atoms with van der Waals surface area (Å²) in [6, 6.07) is 34.3. The minimum Gasteiger partial charge on any atom is -0.496 e. The molecule has 3 aliphatic carbocycles. The van der Waals surface area contributed by atoms with Crippen LogP contribution in [0, 0.1) is 0 Å². The highest BCUT2D eigenvalue weighted by atomic mass is 16.5. The molecule has 0 saturated carbocycles. The Kier molecular flexibility index (Phi) is 17.1. The number of ketones is 3. The molecule has 0 unspecified atom stereocenters. The zero-order valence-corrected chi connectivity index (χ0v) is 44.5. The number of methoxy groups -OCH3 is 3. The summed E-state index contributed by atoms with van der Waals surface area (Å²) in [5.41, 5.74) is 9.48. The number of carbonyl (C=O) groups is 3. The normalized spacial score (nSPS) is 16.2. The fourth-order valence-electron chi connectivity index (χ4n) is 11.8. The summed E-state index contributed by atoms with van der Waals surface area (Å²) in [5, 5.41) is 0. The lowest BCUT2D eigenvalue weighted by Gasteiger charge is -2.26. The SMILES string of the molecule is COc1cccc2c1-c1cccc(OCCCN3CCCC3)c1C2=O.COc1cccc2c1-c1cccc(OCCCN3CCCCC3)c1C2=O.COc1cccc2c1-c1cccc(OCCN3CCCCC3)c1C2=O. The fraction of sp³-hybridized carbons (Fsp3) is 0.391. The Morgan fingerprint density at radius 3 is 0.921 bits per heavy atom. The van der Waals surface area contributed by atoms with Crippen LogP contribution in [0.4, 0.5) is 0 Å². The summed E-state index contributed by atoms with van der Waals surface area (Å²) >= 11 is 0. The van der Waals surface area contributed by atoms with E-state index in [9.17, 15) is 14.4 Å². The van der Waals surface area contributed by atoms with E-state index in [4.69, 9.17) is 28.4 Å². The molecule has 396 valence electrons. The Morgan fingerprint density at radius 1 is 0.316 bits per heavy atom. The Morgan fingerprint density at radius 2 is 0.592 bits per heavy atom. The highest BCUT2D eigenvalue weighted by Crippen LogP contribution is 2.48. The molecule has 12 heteroatoms. The lowest BCUT2D eigenvalue weighted by atomic mass is 10.0. The monoisotopic (exact) mass is 1030 g/mol. The molecule has 3 fully saturated rings. The molecule has 0 radical (unpaired) electrons. The molecular formula is C64H71N3O9. The lowest BCUT2D eigenvalue weighted by Crippen LogP contribution is -2.33. The van der Waals surface area contributed by atoms with Crippen molar-refractivity contribution in [2.75, 3.05) is 100 Å². The number of benzene rings is 6. The summed E-state index contributed by atoms with van der Waals surface area (Å²) in [7, 11) is 4.91. The zero-order chi connectivity index (χ0) is 52.4. The van der Waals surface area contributed by atoms with Crippen LogP contribution in [-0.2, 0) is 0 Å². The van der Waals surface area contributed by atoms with Crippen molar-refractivity contribution in [2.24, 2.45) is 0 Å². The van der Waals surface area contributed by atoms with Crippen LogP contribution < -0.4 is 28.4 Å². The van der Waals surface area contributed by atoms with E-state index in [-0.39, 0.29) is 17.3 Å². The van der Waals surface area contributed by atoms with Crippen molar-refractivity contribution >= 4 is 17.3 Å². The first kappa shape index (κ1) is 52.5. The molecule has 12 nitrogen and oxygen atoms in total. The predicted molar refractivity (Wildman–Crippen MR) is 298 cm³/mol. The predicted octanol–water partition coefficient (Wildman–Crippen LogP) is 11.7. The van der Waals surface area contributed by atoms with Gasteiger partial charge in [-0.05, 0) is 127 Å². The zero-order valence-electron chi connectivity index (χ0n) is 44.5. The quantitative estimate of drug-likeness (QED) is 0.0809. The van der Waals surface area contributed by atoms with Crippen LogP contribution in [0.25, 0.3) is 33.4 Å². The van der Waals surface area contributed by atoms with Crippen LogP contribution in [0.15, 0.2) is 109 Å². The van der Waals surface area contributed by atoms with Crippen LogP contribution >= 0.6 is 0 Å². The number of fused-ring (bicyclic) bond motifs is 9. The van der Waals surface area contributed by atoms with Gasteiger partial charge < -0.3 is 38.2 Å². The third-order valence-corrected chi connectivity index (χ3v) is 15.6. The summed E-state index contributed by atoms with van der Waals surface area (Å²) in [6.45, 7) is 12.0. The Balaban J connectivity index is 0.000000130. The Labute approximate surface area is 447 Å². The van der Waals surface area contributed by atoms with Crippen molar-refractivity contribution in [1.29, 1.82) is 0 Å². The maximum Gasteiger partial charge on any atom is 0.198 e. The van der Waals surface area contributed by atoms with Gasteiger partial charge in [-0.1, -0.05) is 85.6 Å². The molecule has 0 atom stereocenters. The van der Waals surface area contributed by atoms with Crippen LogP contribution in [0.1, 0.15) is 112 Å². The third kappa shape index (κ3) is 11.1. The van der Waals surface area contributed by atoms with Gasteiger partial charge in [-0.2, -0.15) is 0 Å². The summed E-state index contributed by atoms with van der Waals surface area (Å²) in [5.74, 6) is 4.32. The number of nitrogens with zero attached hydrogens (tertiary/aromatic N) is 3. The van der Waals surface area contributed by atoms with Gasteiger partial charge in [-0.3, -0.25) is 19.3 Å². The topological polar surface area (TPSA) is 116 Å². The first-order chi connectivity index (χ1) is 37.4. The van der Waals surface area contributed by atoms with Crippen molar-refractivity contribution in [3.05, 3.63) is 143 Å². The second kappa shape index (κ2) is 24.8. The van der Waals surface area contributed by atoms with Gasteiger partial charge in [-0.25, -0.2) is 0 Å². The molecule has 6 aromatic carbocycles. The van der Waals surface area contributed by atoms with E-state index in [2.05, 4.69) is 14.7 Å². The minimum absolute atomic E-state index is 0.0254. The van der Waals surface area contributed by atoms with Crippen LogP contribution in [-0.4, -0.2) is 132 Å². The first-order valence-electron chi connectivity index (χ1n) is 27.5. The molecule has 6 aliphatic rings. The highest BCUT2D eigenvalue weighted by molar-refractivity contribution is 6.25.